The van der Waals surface area contributed by atoms with Crippen LogP contribution in [0.25, 0.3) is 0 Å². The predicted octanol–water partition coefficient (Wildman–Crippen LogP) is 2.77. The predicted molar refractivity (Wildman–Crippen MR) is 67.5 cm³/mol. The molecule has 1 amide bonds. The van der Waals surface area contributed by atoms with Gasteiger partial charge in [0.05, 0.1) is 5.69 Å². The molecule has 5 heteroatoms. The lowest BCUT2D eigenvalue weighted by Gasteiger charge is -2.25. The van der Waals surface area contributed by atoms with Crippen molar-refractivity contribution in [1.29, 1.82) is 0 Å². The Morgan fingerprint density at radius 1 is 1.56 bits per heavy atom. The molecule has 1 aliphatic rings. The average molecular weight is 284 g/mol. The normalized spacial score (nSPS) is 18.6. The molecular weight excluding hydrogens is 270 g/mol. The van der Waals surface area contributed by atoms with Crippen LogP contribution in [0.1, 0.15) is 26.2 Å². The van der Waals surface area contributed by atoms with E-state index in [1.807, 2.05) is 6.07 Å². The van der Waals surface area contributed by atoms with E-state index in [0.717, 1.165) is 35.2 Å². The standard InChI is InChI=1S/C11H14BrN3O/c1-2-3-4-8-11(16)15-9-5-7(12)6-13-10(9)14-8/h5-6,8H,2-4H2,1H3,(H,13,14)(H,15,16). The summed E-state index contributed by atoms with van der Waals surface area (Å²) in [6, 6.07) is 1.70. The van der Waals surface area contributed by atoms with Gasteiger partial charge in [-0.15, -0.1) is 0 Å². The van der Waals surface area contributed by atoms with Gasteiger partial charge in [0.2, 0.25) is 5.91 Å². The summed E-state index contributed by atoms with van der Waals surface area (Å²) < 4.78 is 0.861. The molecule has 0 aliphatic carbocycles. The highest BCUT2D eigenvalue weighted by Gasteiger charge is 2.25. The summed E-state index contributed by atoms with van der Waals surface area (Å²) in [5.74, 6) is 0.782. The number of aromatic nitrogens is 1. The van der Waals surface area contributed by atoms with E-state index in [9.17, 15) is 4.79 Å². The van der Waals surface area contributed by atoms with E-state index < -0.39 is 0 Å². The lowest BCUT2D eigenvalue weighted by molar-refractivity contribution is -0.117. The van der Waals surface area contributed by atoms with Gasteiger partial charge >= 0.3 is 0 Å². The van der Waals surface area contributed by atoms with E-state index in [1.54, 1.807) is 6.20 Å². The van der Waals surface area contributed by atoms with Crippen LogP contribution in [0.4, 0.5) is 11.5 Å². The van der Waals surface area contributed by atoms with Crippen LogP contribution in [-0.2, 0) is 4.79 Å². The minimum Gasteiger partial charge on any atom is -0.357 e. The van der Waals surface area contributed by atoms with Crippen LogP contribution < -0.4 is 10.6 Å². The second-order valence-electron chi connectivity index (χ2n) is 3.88. The zero-order valence-electron chi connectivity index (χ0n) is 9.09. The second-order valence-corrected chi connectivity index (χ2v) is 4.79. The van der Waals surface area contributed by atoms with Gasteiger partial charge in [-0.3, -0.25) is 4.79 Å². The number of anilines is 2. The van der Waals surface area contributed by atoms with Crippen LogP contribution in [0.5, 0.6) is 0 Å². The molecule has 1 aromatic rings. The van der Waals surface area contributed by atoms with E-state index in [0.29, 0.717) is 0 Å². The number of halogens is 1. The molecule has 1 aliphatic heterocycles. The number of nitrogens with zero attached hydrogens (tertiary/aromatic N) is 1. The van der Waals surface area contributed by atoms with Crippen molar-refractivity contribution in [2.75, 3.05) is 10.6 Å². The number of fused-ring (bicyclic) bond motifs is 1. The highest BCUT2D eigenvalue weighted by molar-refractivity contribution is 9.10. The van der Waals surface area contributed by atoms with Crippen molar-refractivity contribution in [3.8, 4) is 0 Å². The maximum atomic E-state index is 11.8. The number of rotatable bonds is 3. The van der Waals surface area contributed by atoms with Crippen LogP contribution in [0.15, 0.2) is 16.7 Å². The molecule has 2 rings (SSSR count). The number of hydrogen-bond acceptors (Lipinski definition) is 3. The summed E-state index contributed by atoms with van der Waals surface area (Å²) in [5.41, 5.74) is 0.743. The Morgan fingerprint density at radius 3 is 3.12 bits per heavy atom. The molecule has 0 saturated heterocycles. The Kier molecular flexibility index (Phi) is 3.43. The minimum atomic E-state index is -0.152. The third-order valence-corrected chi connectivity index (χ3v) is 3.02. The maximum Gasteiger partial charge on any atom is 0.247 e. The van der Waals surface area contributed by atoms with Crippen LogP contribution >= 0.6 is 15.9 Å². The molecular formula is C11H14BrN3O. The van der Waals surface area contributed by atoms with Gasteiger partial charge in [0, 0.05) is 10.7 Å². The van der Waals surface area contributed by atoms with Crippen molar-refractivity contribution in [2.24, 2.45) is 0 Å². The highest BCUT2D eigenvalue weighted by atomic mass is 79.9. The zero-order chi connectivity index (χ0) is 11.5. The smallest absolute Gasteiger partial charge is 0.247 e. The van der Waals surface area contributed by atoms with Crippen LogP contribution in [0.3, 0.4) is 0 Å². The number of carbonyl (C=O) groups excluding carboxylic acids is 1. The van der Waals surface area contributed by atoms with Gasteiger partial charge in [0.25, 0.3) is 0 Å². The Labute approximate surface area is 103 Å². The molecule has 1 unspecified atom stereocenters. The van der Waals surface area contributed by atoms with Crippen molar-refractivity contribution in [1.82, 2.24) is 4.98 Å². The first kappa shape index (κ1) is 11.4. The summed E-state index contributed by atoms with van der Waals surface area (Å²) >= 11 is 3.33. The minimum absolute atomic E-state index is 0.0286. The largest absolute Gasteiger partial charge is 0.357 e. The molecule has 1 atom stereocenters. The molecule has 4 nitrogen and oxygen atoms in total. The molecule has 0 radical (unpaired) electrons. The third kappa shape index (κ3) is 2.35. The van der Waals surface area contributed by atoms with Crippen molar-refractivity contribution in [2.45, 2.75) is 32.2 Å². The fraction of sp³-hybridized carbons (Fsp3) is 0.455. The number of unbranched alkanes of at least 4 members (excludes halogenated alkanes) is 1. The van der Waals surface area contributed by atoms with Gasteiger partial charge in [-0.2, -0.15) is 0 Å². The van der Waals surface area contributed by atoms with Crippen LogP contribution in [-0.4, -0.2) is 16.9 Å². The average Bonchev–Trinajstić information content (AvgIpc) is 2.26. The molecule has 0 aromatic carbocycles. The third-order valence-electron chi connectivity index (χ3n) is 2.59. The van der Waals surface area contributed by atoms with Crippen molar-refractivity contribution >= 4 is 33.3 Å². The first-order valence-electron chi connectivity index (χ1n) is 5.43. The molecule has 2 heterocycles. The van der Waals surface area contributed by atoms with Gasteiger partial charge in [0.1, 0.15) is 6.04 Å². The van der Waals surface area contributed by atoms with Gasteiger partial charge in [-0.1, -0.05) is 19.8 Å². The molecule has 0 fully saturated rings. The lowest BCUT2D eigenvalue weighted by Crippen LogP contribution is -2.39. The van der Waals surface area contributed by atoms with Gasteiger partial charge in [0.15, 0.2) is 5.82 Å². The summed E-state index contributed by atoms with van der Waals surface area (Å²) in [7, 11) is 0. The quantitative estimate of drug-likeness (QED) is 0.897. The first-order valence-corrected chi connectivity index (χ1v) is 6.23. The molecule has 0 bridgehead atoms. The van der Waals surface area contributed by atoms with E-state index in [-0.39, 0.29) is 11.9 Å². The highest BCUT2D eigenvalue weighted by Crippen LogP contribution is 2.28. The Morgan fingerprint density at radius 2 is 2.38 bits per heavy atom. The fourth-order valence-electron chi connectivity index (χ4n) is 1.71. The molecule has 16 heavy (non-hydrogen) atoms. The van der Waals surface area contributed by atoms with E-state index in [4.69, 9.17) is 0 Å². The summed E-state index contributed by atoms with van der Waals surface area (Å²) in [5, 5.41) is 6.03. The maximum absolute atomic E-state index is 11.8. The zero-order valence-corrected chi connectivity index (χ0v) is 10.7. The van der Waals surface area contributed by atoms with Gasteiger partial charge in [-0.25, -0.2) is 4.98 Å². The van der Waals surface area contributed by atoms with Gasteiger partial charge in [-0.05, 0) is 28.4 Å². The van der Waals surface area contributed by atoms with Crippen LogP contribution in [0.2, 0.25) is 0 Å². The van der Waals surface area contributed by atoms with Crippen molar-refractivity contribution in [3.05, 3.63) is 16.7 Å². The van der Waals surface area contributed by atoms with Crippen LogP contribution in [0, 0.1) is 0 Å². The number of pyridine rings is 1. The number of carbonyl (C=O) groups is 1. The van der Waals surface area contributed by atoms with Crippen molar-refractivity contribution < 1.29 is 4.79 Å². The van der Waals surface area contributed by atoms with E-state index >= 15 is 0 Å². The van der Waals surface area contributed by atoms with E-state index in [2.05, 4.69) is 38.5 Å². The summed E-state index contributed by atoms with van der Waals surface area (Å²) in [6.45, 7) is 2.12. The molecule has 2 N–H and O–H groups in total. The lowest BCUT2D eigenvalue weighted by atomic mass is 10.1. The topological polar surface area (TPSA) is 54.0 Å². The molecule has 0 saturated carbocycles. The van der Waals surface area contributed by atoms with Crippen molar-refractivity contribution in [3.63, 3.8) is 0 Å². The Balaban J connectivity index is 2.15. The summed E-state index contributed by atoms with van der Waals surface area (Å²) in [4.78, 5) is 16.0. The molecule has 0 spiro atoms. The number of amides is 1. The molecule has 86 valence electrons. The monoisotopic (exact) mass is 283 g/mol. The second kappa shape index (κ2) is 4.82. The Hall–Kier alpha value is -1.10. The van der Waals surface area contributed by atoms with E-state index in [1.165, 1.54) is 0 Å². The Bertz CT molecular complexity index is 408. The number of nitrogens with one attached hydrogen (secondary N) is 2. The fourth-order valence-corrected chi connectivity index (χ4v) is 2.04. The first-order chi connectivity index (χ1) is 7.70. The number of hydrogen-bond donors (Lipinski definition) is 2. The summed E-state index contributed by atoms with van der Waals surface area (Å²) in [6.07, 6.45) is 4.70. The molecule has 1 aromatic heterocycles. The van der Waals surface area contributed by atoms with Gasteiger partial charge < -0.3 is 10.6 Å². The SMILES string of the molecule is CCCCC1Nc2ncc(Br)cc2NC1=O.